The van der Waals surface area contributed by atoms with Crippen LogP contribution in [0.25, 0.3) is 6.08 Å². The number of nitrogens with zero attached hydrogens (tertiary/aromatic N) is 1. The Labute approximate surface area is 250 Å². The average Bonchev–Trinajstić information content (AvgIpc) is 2.97. The number of carbonyl (C=O) groups excluding carboxylic acids is 2. The summed E-state index contributed by atoms with van der Waals surface area (Å²) in [6, 6.07) is 15.5. The fourth-order valence-electron chi connectivity index (χ4n) is 5.13. The molecule has 1 unspecified atom stereocenters. The zero-order chi connectivity index (χ0) is 30.3. The Morgan fingerprint density at radius 2 is 1.83 bits per heavy atom. The molecule has 7 heteroatoms. The third-order valence-corrected chi connectivity index (χ3v) is 7.48. The molecule has 0 fully saturated rings. The zero-order valence-corrected chi connectivity index (χ0v) is 25.2. The second-order valence-corrected chi connectivity index (χ2v) is 11.0. The van der Waals surface area contributed by atoms with Crippen molar-refractivity contribution in [2.24, 2.45) is 5.92 Å². The SMILES string of the molecule is CNCC(C)CCCCCC(=O)CC(=O)C=Cc1cc(OC)c(O)cc1Cc1cnc(N)cc1CCc1ccccc1. The number of allylic oxidation sites excluding steroid dienone is 1. The van der Waals surface area contributed by atoms with E-state index >= 15 is 0 Å². The maximum Gasteiger partial charge on any atom is 0.163 e. The first-order valence-electron chi connectivity index (χ1n) is 14.8. The van der Waals surface area contributed by atoms with Gasteiger partial charge in [-0.25, -0.2) is 4.98 Å². The Hall–Kier alpha value is -3.97. The van der Waals surface area contributed by atoms with Gasteiger partial charge in [0.1, 0.15) is 11.6 Å². The van der Waals surface area contributed by atoms with Gasteiger partial charge in [-0.3, -0.25) is 9.59 Å². The molecule has 224 valence electrons. The van der Waals surface area contributed by atoms with Crippen LogP contribution in [0.1, 0.15) is 73.3 Å². The van der Waals surface area contributed by atoms with Crippen molar-refractivity contribution in [3.05, 3.63) is 88.6 Å². The molecule has 3 aromatic rings. The molecule has 0 aliphatic rings. The molecule has 0 spiro atoms. The molecule has 0 saturated heterocycles. The number of benzene rings is 2. The quantitative estimate of drug-likeness (QED) is 0.0960. The molecule has 0 saturated carbocycles. The number of ketones is 2. The Kier molecular flexibility index (Phi) is 13.2. The Balaban J connectivity index is 1.66. The highest BCUT2D eigenvalue weighted by Gasteiger charge is 2.14. The van der Waals surface area contributed by atoms with Crippen LogP contribution < -0.4 is 15.8 Å². The van der Waals surface area contributed by atoms with E-state index in [-0.39, 0.29) is 23.7 Å². The molecule has 42 heavy (non-hydrogen) atoms. The van der Waals surface area contributed by atoms with Gasteiger partial charge in [-0.2, -0.15) is 0 Å². The number of hydrogen-bond donors (Lipinski definition) is 3. The van der Waals surface area contributed by atoms with Crippen LogP contribution in [0.4, 0.5) is 5.82 Å². The zero-order valence-electron chi connectivity index (χ0n) is 25.2. The standard InChI is InChI=1S/C35H45N3O4/c1-25(23-37-2)10-6-4-9-13-31(39)22-32(40)17-16-27-20-34(42-3)33(41)19-29(27)18-30-24-38-35(36)21-28(30)15-14-26-11-7-5-8-12-26/h5,7-8,11-12,16-17,19-21,24-25,37,41H,4,6,9-10,13-15,18,22-23H2,1-3H3,(H2,36,38). The molecule has 1 atom stereocenters. The predicted molar refractivity (Wildman–Crippen MR) is 170 cm³/mol. The van der Waals surface area contributed by atoms with Gasteiger partial charge in [-0.1, -0.05) is 56.2 Å². The summed E-state index contributed by atoms with van der Waals surface area (Å²) >= 11 is 0. The van der Waals surface area contributed by atoms with Gasteiger partial charge < -0.3 is 20.9 Å². The predicted octanol–water partition coefficient (Wildman–Crippen LogP) is 6.10. The normalized spacial score (nSPS) is 12.0. The first-order valence-corrected chi connectivity index (χ1v) is 14.8. The van der Waals surface area contributed by atoms with Crippen molar-refractivity contribution < 1.29 is 19.4 Å². The number of anilines is 1. The number of phenolic OH excluding ortho intramolecular Hbond substituents is 1. The van der Waals surface area contributed by atoms with Crippen LogP contribution in [0.15, 0.2) is 60.8 Å². The van der Waals surface area contributed by atoms with Crippen LogP contribution >= 0.6 is 0 Å². The minimum absolute atomic E-state index is 0.0146. The molecule has 0 radical (unpaired) electrons. The lowest BCUT2D eigenvalue weighted by Gasteiger charge is -2.14. The van der Waals surface area contributed by atoms with E-state index in [9.17, 15) is 14.7 Å². The number of aromatic hydroxyl groups is 1. The number of unbranched alkanes of at least 4 members (excludes halogenated alkanes) is 2. The molecule has 0 aliphatic carbocycles. The highest BCUT2D eigenvalue weighted by Crippen LogP contribution is 2.32. The van der Waals surface area contributed by atoms with Crippen LogP contribution in [-0.2, 0) is 28.9 Å². The van der Waals surface area contributed by atoms with Gasteiger partial charge in [0.05, 0.1) is 13.5 Å². The van der Waals surface area contributed by atoms with E-state index in [1.165, 1.54) is 18.7 Å². The summed E-state index contributed by atoms with van der Waals surface area (Å²) in [6.07, 6.45) is 11.4. The number of nitrogen functional groups attached to an aromatic ring is 1. The van der Waals surface area contributed by atoms with Gasteiger partial charge >= 0.3 is 0 Å². The number of phenols is 1. The number of rotatable bonds is 18. The molecular formula is C35H45N3O4. The molecule has 1 heterocycles. The summed E-state index contributed by atoms with van der Waals surface area (Å²) < 4.78 is 5.33. The van der Waals surface area contributed by atoms with Crippen molar-refractivity contribution in [2.75, 3.05) is 26.4 Å². The molecular weight excluding hydrogens is 526 g/mol. The molecule has 0 bridgehead atoms. The van der Waals surface area contributed by atoms with Crippen molar-refractivity contribution in [3.63, 3.8) is 0 Å². The molecule has 4 N–H and O–H groups in total. The number of ether oxygens (including phenoxy) is 1. The number of aromatic nitrogens is 1. The topological polar surface area (TPSA) is 115 Å². The Morgan fingerprint density at radius 1 is 1.05 bits per heavy atom. The summed E-state index contributed by atoms with van der Waals surface area (Å²) in [6.45, 7) is 3.22. The molecule has 0 aliphatic heterocycles. The lowest BCUT2D eigenvalue weighted by molar-refractivity contribution is -0.124. The van der Waals surface area contributed by atoms with Crippen LogP contribution in [0.3, 0.4) is 0 Å². The highest BCUT2D eigenvalue weighted by atomic mass is 16.5. The Bertz CT molecular complexity index is 1340. The summed E-state index contributed by atoms with van der Waals surface area (Å²) in [7, 11) is 3.44. The molecule has 0 amide bonds. The average molecular weight is 572 g/mol. The van der Waals surface area contributed by atoms with Crippen molar-refractivity contribution in [1.82, 2.24) is 10.3 Å². The smallest absolute Gasteiger partial charge is 0.163 e. The van der Waals surface area contributed by atoms with Gasteiger partial charge in [0.15, 0.2) is 17.3 Å². The largest absolute Gasteiger partial charge is 0.504 e. The number of nitrogens with one attached hydrogen (secondary N) is 1. The van der Waals surface area contributed by atoms with Gasteiger partial charge in [0.25, 0.3) is 0 Å². The van der Waals surface area contributed by atoms with Crippen LogP contribution in [0, 0.1) is 5.92 Å². The lowest BCUT2D eigenvalue weighted by Crippen LogP contribution is -2.15. The molecule has 1 aromatic heterocycles. The van der Waals surface area contributed by atoms with Gasteiger partial charge in [-0.05, 0) is 104 Å². The monoisotopic (exact) mass is 571 g/mol. The van der Waals surface area contributed by atoms with E-state index < -0.39 is 0 Å². The first-order chi connectivity index (χ1) is 20.3. The Morgan fingerprint density at radius 3 is 2.57 bits per heavy atom. The van der Waals surface area contributed by atoms with E-state index in [4.69, 9.17) is 10.5 Å². The third kappa shape index (κ3) is 10.8. The molecule has 3 rings (SSSR count). The second kappa shape index (κ2) is 17.1. The van der Waals surface area contributed by atoms with Crippen LogP contribution in [0.5, 0.6) is 11.5 Å². The first kappa shape index (κ1) is 32.5. The van der Waals surface area contributed by atoms with Crippen LogP contribution in [0.2, 0.25) is 0 Å². The summed E-state index contributed by atoms with van der Waals surface area (Å²) in [5, 5.41) is 13.7. The maximum absolute atomic E-state index is 12.7. The fraction of sp³-hybridized carbons (Fsp3) is 0.400. The minimum Gasteiger partial charge on any atom is -0.504 e. The van der Waals surface area contributed by atoms with Crippen molar-refractivity contribution in [3.8, 4) is 11.5 Å². The molecule has 2 aromatic carbocycles. The number of carbonyl (C=O) groups is 2. The van der Waals surface area contributed by atoms with Crippen molar-refractivity contribution in [1.29, 1.82) is 0 Å². The lowest BCUT2D eigenvalue weighted by atomic mass is 9.94. The fourth-order valence-corrected chi connectivity index (χ4v) is 5.13. The van der Waals surface area contributed by atoms with Gasteiger partial charge in [0, 0.05) is 12.6 Å². The number of pyridine rings is 1. The summed E-state index contributed by atoms with van der Waals surface area (Å²) in [5.41, 5.74) is 10.9. The number of hydrogen-bond acceptors (Lipinski definition) is 7. The summed E-state index contributed by atoms with van der Waals surface area (Å²) in [5.74, 6) is 1.13. The maximum atomic E-state index is 12.7. The molecule has 7 nitrogen and oxygen atoms in total. The number of Topliss-reactive ketones (excluding diaryl/α,β-unsaturated/α-hetero) is 1. The van der Waals surface area contributed by atoms with E-state index in [1.807, 2.05) is 31.3 Å². The van der Waals surface area contributed by atoms with E-state index in [1.54, 1.807) is 24.4 Å². The summed E-state index contributed by atoms with van der Waals surface area (Å²) in [4.78, 5) is 29.4. The van der Waals surface area contributed by atoms with Crippen molar-refractivity contribution in [2.45, 2.75) is 64.7 Å². The third-order valence-electron chi connectivity index (χ3n) is 7.48. The number of aryl methyl sites for hydroxylation is 2. The van der Waals surface area contributed by atoms with Crippen LogP contribution in [-0.4, -0.2) is 42.4 Å². The van der Waals surface area contributed by atoms with E-state index in [2.05, 4.69) is 29.4 Å². The van der Waals surface area contributed by atoms with Gasteiger partial charge in [0.2, 0.25) is 0 Å². The van der Waals surface area contributed by atoms with E-state index in [0.29, 0.717) is 30.3 Å². The minimum atomic E-state index is -0.238. The van der Waals surface area contributed by atoms with E-state index in [0.717, 1.165) is 67.3 Å². The van der Waals surface area contributed by atoms with Crippen molar-refractivity contribution >= 4 is 23.5 Å². The number of nitrogens with two attached hydrogens (primary N) is 1. The van der Waals surface area contributed by atoms with Gasteiger partial charge in [-0.15, -0.1) is 0 Å². The highest BCUT2D eigenvalue weighted by molar-refractivity contribution is 6.06. The second-order valence-electron chi connectivity index (χ2n) is 11.0. The number of methoxy groups -OCH3 is 1.